The average Bonchev–Trinajstić information content (AvgIpc) is 2.80. The molecule has 1 aromatic rings. The van der Waals surface area contributed by atoms with Crippen molar-refractivity contribution in [3.8, 4) is 0 Å². The number of nitrogens with one attached hydrogen (secondary N) is 1. The van der Waals surface area contributed by atoms with E-state index in [9.17, 15) is 14.4 Å². The van der Waals surface area contributed by atoms with E-state index in [1.165, 1.54) is 18.9 Å². The van der Waals surface area contributed by atoms with Gasteiger partial charge in [0, 0.05) is 11.3 Å². The number of esters is 1. The van der Waals surface area contributed by atoms with Gasteiger partial charge >= 0.3 is 5.97 Å². The zero-order valence-corrected chi connectivity index (χ0v) is 11.1. The summed E-state index contributed by atoms with van der Waals surface area (Å²) in [7, 11) is 1.24. The first-order chi connectivity index (χ1) is 9.13. The van der Waals surface area contributed by atoms with Gasteiger partial charge in [0.2, 0.25) is 0 Å². The Morgan fingerprint density at radius 2 is 2.00 bits per heavy atom. The molecule has 1 fully saturated rings. The first-order valence-electron chi connectivity index (χ1n) is 5.72. The third-order valence-electron chi connectivity index (χ3n) is 2.79. The molecule has 1 saturated heterocycles. The zero-order chi connectivity index (χ0) is 13.8. The monoisotopic (exact) mass is 279 g/mol. The number of thioether (sulfide) groups is 1. The van der Waals surface area contributed by atoms with Crippen molar-refractivity contribution >= 4 is 29.4 Å². The summed E-state index contributed by atoms with van der Waals surface area (Å²) in [6.45, 7) is 0. The standard InChI is InChI=1S/C13H13NO4S/c1-18-13(17)11-10(15)9(7-19-11)14-12(16)8-5-3-2-4-6-8/h2-6,9,11H,7H2,1H3,(H,14,16)/t9-,11?/m0/s1. The predicted octanol–water partition coefficient (Wildman–Crippen LogP) is 0.642. The molecule has 1 heterocycles. The molecule has 0 aliphatic carbocycles. The molecule has 2 rings (SSSR count). The van der Waals surface area contributed by atoms with Crippen LogP contribution in [-0.4, -0.2) is 41.8 Å². The van der Waals surface area contributed by atoms with Gasteiger partial charge in [0.1, 0.15) is 0 Å². The van der Waals surface area contributed by atoms with E-state index in [0.29, 0.717) is 11.3 Å². The van der Waals surface area contributed by atoms with Gasteiger partial charge in [0.15, 0.2) is 11.0 Å². The maximum Gasteiger partial charge on any atom is 0.326 e. The lowest BCUT2D eigenvalue weighted by atomic mass is 10.1. The molecule has 0 bridgehead atoms. The molecule has 19 heavy (non-hydrogen) atoms. The minimum atomic E-state index is -0.828. The maximum atomic E-state index is 11.9. The third kappa shape index (κ3) is 2.96. The molecular formula is C13H13NO4S. The van der Waals surface area contributed by atoms with Crippen molar-refractivity contribution in [1.82, 2.24) is 5.32 Å². The molecule has 5 nitrogen and oxygen atoms in total. The number of hydrogen-bond donors (Lipinski definition) is 1. The highest BCUT2D eigenvalue weighted by Gasteiger charge is 2.41. The van der Waals surface area contributed by atoms with Crippen LogP contribution in [0, 0.1) is 0 Å². The molecule has 1 aliphatic rings. The molecule has 6 heteroatoms. The van der Waals surface area contributed by atoms with Crippen LogP contribution >= 0.6 is 11.8 Å². The lowest BCUT2D eigenvalue weighted by Gasteiger charge is -2.11. The molecule has 2 atom stereocenters. The van der Waals surface area contributed by atoms with Crippen LogP contribution in [-0.2, 0) is 14.3 Å². The van der Waals surface area contributed by atoms with Crippen LogP contribution in [0.1, 0.15) is 10.4 Å². The Hall–Kier alpha value is -1.82. The van der Waals surface area contributed by atoms with Gasteiger partial charge in [-0.15, -0.1) is 11.8 Å². The van der Waals surface area contributed by atoms with Gasteiger partial charge in [0.25, 0.3) is 5.91 Å². The molecule has 0 radical (unpaired) electrons. The average molecular weight is 279 g/mol. The fourth-order valence-corrected chi connectivity index (χ4v) is 2.97. The number of ether oxygens (including phenoxy) is 1. The van der Waals surface area contributed by atoms with Gasteiger partial charge in [-0.3, -0.25) is 14.4 Å². The lowest BCUT2D eigenvalue weighted by molar-refractivity contribution is -0.142. The Labute approximate surface area is 114 Å². The van der Waals surface area contributed by atoms with Crippen LogP contribution in [0.3, 0.4) is 0 Å². The number of amides is 1. The zero-order valence-electron chi connectivity index (χ0n) is 10.3. The molecule has 1 aromatic carbocycles. The smallest absolute Gasteiger partial charge is 0.326 e. The van der Waals surface area contributed by atoms with Gasteiger partial charge in [-0.1, -0.05) is 18.2 Å². The molecule has 1 aliphatic heterocycles. The van der Waals surface area contributed by atoms with E-state index in [0.717, 1.165) is 0 Å². The van der Waals surface area contributed by atoms with Crippen molar-refractivity contribution in [2.75, 3.05) is 12.9 Å². The van der Waals surface area contributed by atoms with Gasteiger partial charge < -0.3 is 10.1 Å². The Balaban J connectivity index is 2.00. The minimum Gasteiger partial charge on any atom is -0.468 e. The topological polar surface area (TPSA) is 72.5 Å². The summed E-state index contributed by atoms with van der Waals surface area (Å²) in [5.41, 5.74) is 0.488. The summed E-state index contributed by atoms with van der Waals surface area (Å²) in [5.74, 6) is -0.797. The number of benzene rings is 1. The summed E-state index contributed by atoms with van der Waals surface area (Å²) in [5, 5.41) is 1.81. The number of ketones is 1. The number of carbonyl (C=O) groups is 3. The van der Waals surface area contributed by atoms with Gasteiger partial charge in [-0.05, 0) is 12.1 Å². The van der Waals surface area contributed by atoms with Crippen LogP contribution in [0.2, 0.25) is 0 Å². The highest BCUT2D eigenvalue weighted by atomic mass is 32.2. The molecule has 0 spiro atoms. The summed E-state index contributed by atoms with van der Waals surface area (Å²) in [6.07, 6.45) is 0. The number of Topliss-reactive ketones (excluding diaryl/α,β-unsaturated/α-hetero) is 1. The van der Waals surface area contributed by atoms with Crippen molar-refractivity contribution in [2.24, 2.45) is 0 Å². The van der Waals surface area contributed by atoms with E-state index in [1.54, 1.807) is 30.3 Å². The van der Waals surface area contributed by atoms with Crippen molar-refractivity contribution in [2.45, 2.75) is 11.3 Å². The number of methoxy groups -OCH3 is 1. The van der Waals surface area contributed by atoms with Gasteiger partial charge in [-0.2, -0.15) is 0 Å². The highest BCUT2D eigenvalue weighted by Crippen LogP contribution is 2.24. The van der Waals surface area contributed by atoms with Crippen LogP contribution in [0.5, 0.6) is 0 Å². The SMILES string of the molecule is COC(=O)C1SC[C@H](NC(=O)c2ccccc2)C1=O. The molecule has 1 unspecified atom stereocenters. The Kier molecular flexibility index (Phi) is 4.21. The number of carbonyl (C=O) groups excluding carboxylic acids is 3. The van der Waals surface area contributed by atoms with Crippen LogP contribution in [0.15, 0.2) is 30.3 Å². The molecule has 1 amide bonds. The second-order valence-corrected chi connectivity index (χ2v) is 5.17. The summed E-state index contributed by atoms with van der Waals surface area (Å²) in [6, 6.07) is 8.00. The largest absolute Gasteiger partial charge is 0.468 e. The summed E-state index contributed by atoms with van der Waals surface area (Å²) in [4.78, 5) is 35.2. The Bertz CT molecular complexity index is 503. The quantitative estimate of drug-likeness (QED) is 0.649. The van der Waals surface area contributed by atoms with E-state index in [4.69, 9.17) is 0 Å². The fourth-order valence-electron chi connectivity index (χ4n) is 1.77. The van der Waals surface area contributed by atoms with Crippen molar-refractivity contribution in [3.05, 3.63) is 35.9 Å². The van der Waals surface area contributed by atoms with E-state index in [-0.39, 0.29) is 11.7 Å². The molecule has 0 aromatic heterocycles. The van der Waals surface area contributed by atoms with E-state index < -0.39 is 17.3 Å². The lowest BCUT2D eigenvalue weighted by Crippen LogP contribution is -2.42. The van der Waals surface area contributed by atoms with E-state index in [2.05, 4.69) is 10.1 Å². The predicted molar refractivity (Wildman–Crippen MR) is 71.0 cm³/mol. The first-order valence-corrected chi connectivity index (χ1v) is 6.77. The van der Waals surface area contributed by atoms with Gasteiger partial charge in [-0.25, -0.2) is 0 Å². The second-order valence-electron chi connectivity index (χ2n) is 4.03. The van der Waals surface area contributed by atoms with Crippen LogP contribution in [0.25, 0.3) is 0 Å². The third-order valence-corrected chi connectivity index (χ3v) is 4.07. The van der Waals surface area contributed by atoms with Crippen molar-refractivity contribution in [1.29, 1.82) is 0 Å². The highest BCUT2D eigenvalue weighted by molar-refractivity contribution is 8.02. The molecular weight excluding hydrogens is 266 g/mol. The van der Waals surface area contributed by atoms with Crippen molar-refractivity contribution < 1.29 is 19.1 Å². The van der Waals surface area contributed by atoms with E-state index in [1.807, 2.05) is 0 Å². The normalized spacial score (nSPS) is 22.1. The molecule has 1 N–H and O–H groups in total. The second kappa shape index (κ2) is 5.88. The molecule has 100 valence electrons. The Morgan fingerprint density at radius 3 is 2.63 bits per heavy atom. The fraction of sp³-hybridized carbons (Fsp3) is 0.308. The van der Waals surface area contributed by atoms with Crippen LogP contribution in [0.4, 0.5) is 0 Å². The molecule has 0 saturated carbocycles. The minimum absolute atomic E-state index is 0.305. The summed E-state index contributed by atoms with van der Waals surface area (Å²) < 4.78 is 4.55. The van der Waals surface area contributed by atoms with Crippen LogP contribution < -0.4 is 5.32 Å². The number of hydrogen-bond acceptors (Lipinski definition) is 5. The van der Waals surface area contributed by atoms with Crippen molar-refractivity contribution in [3.63, 3.8) is 0 Å². The summed E-state index contributed by atoms with van der Waals surface area (Å²) >= 11 is 1.19. The number of rotatable bonds is 3. The van der Waals surface area contributed by atoms with Gasteiger partial charge in [0.05, 0.1) is 13.2 Å². The maximum absolute atomic E-state index is 11.9. The Morgan fingerprint density at radius 1 is 1.32 bits per heavy atom. The van der Waals surface area contributed by atoms with E-state index >= 15 is 0 Å². The first kappa shape index (κ1) is 13.6.